The molecule has 2 unspecified atom stereocenters. The van der Waals surface area contributed by atoms with E-state index >= 15 is 0 Å². The molecule has 0 radical (unpaired) electrons. The smallest absolute Gasteiger partial charge is 0.313 e. The van der Waals surface area contributed by atoms with Gasteiger partial charge < -0.3 is 34.4 Å². The van der Waals surface area contributed by atoms with Crippen molar-refractivity contribution in [1.82, 2.24) is 15.1 Å². The number of esters is 1. The highest BCUT2D eigenvalue weighted by atomic mass is 79.9. The lowest BCUT2D eigenvalue weighted by Crippen LogP contribution is -2.60. The molecule has 3 amide bonds. The fourth-order valence-electron chi connectivity index (χ4n) is 7.91. The summed E-state index contributed by atoms with van der Waals surface area (Å²) in [7, 11) is 1.50. The van der Waals surface area contributed by atoms with E-state index in [1.807, 2.05) is 39.0 Å². The van der Waals surface area contributed by atoms with Crippen molar-refractivity contribution in [3.63, 3.8) is 0 Å². The van der Waals surface area contributed by atoms with Gasteiger partial charge in [0, 0.05) is 30.9 Å². The number of amides is 3. The van der Waals surface area contributed by atoms with Gasteiger partial charge in [0.05, 0.1) is 43.2 Å². The molecule has 3 saturated heterocycles. The lowest BCUT2D eigenvalue weighted by molar-refractivity contribution is -0.163. The molecule has 3 aliphatic heterocycles. The van der Waals surface area contributed by atoms with E-state index < -0.39 is 59.6 Å². The quantitative estimate of drug-likeness (QED) is 0.123. The summed E-state index contributed by atoms with van der Waals surface area (Å²) in [6.07, 6.45) is 4.64. The lowest BCUT2D eigenvalue weighted by Gasteiger charge is -2.40. The first-order chi connectivity index (χ1) is 23.5. The molecule has 3 aliphatic rings. The molecule has 10 atom stereocenters. The molecular weight excluding hydrogens is 694 g/mol. The Morgan fingerprint density at radius 1 is 1.22 bits per heavy atom. The number of aliphatic hydroxyl groups excluding tert-OH is 1. The Morgan fingerprint density at radius 2 is 1.94 bits per heavy atom. The second-order valence-corrected chi connectivity index (χ2v) is 14.5. The maximum Gasteiger partial charge on any atom is 0.313 e. The Hall–Kier alpha value is -3.06. The van der Waals surface area contributed by atoms with E-state index in [-0.39, 0.29) is 48.9 Å². The summed E-state index contributed by atoms with van der Waals surface area (Å²) in [4.78, 5) is 59.5. The number of ether oxygens (including phenoxy) is 3. The van der Waals surface area contributed by atoms with Gasteiger partial charge in [0.1, 0.15) is 17.7 Å². The molecule has 3 heterocycles. The van der Waals surface area contributed by atoms with Crippen LogP contribution in [0.25, 0.3) is 0 Å². The normalized spacial score (nSPS) is 27.9. The number of likely N-dealkylation sites (tertiary alicyclic amines) is 1. The summed E-state index contributed by atoms with van der Waals surface area (Å²) in [5.74, 6) is -3.68. The average molecular weight is 747 g/mol. The Kier molecular flexibility index (Phi) is 13.6. The molecule has 0 aromatic heterocycles. The second-order valence-electron chi connectivity index (χ2n) is 13.3. The van der Waals surface area contributed by atoms with Crippen molar-refractivity contribution in [3.8, 4) is 0 Å². The van der Waals surface area contributed by atoms with Gasteiger partial charge in [-0.2, -0.15) is 0 Å². The van der Waals surface area contributed by atoms with Crippen LogP contribution in [-0.2, 0) is 33.4 Å². The van der Waals surface area contributed by atoms with Crippen LogP contribution in [-0.4, -0.2) is 106 Å². The van der Waals surface area contributed by atoms with Gasteiger partial charge in [0.25, 0.3) is 0 Å². The van der Waals surface area contributed by atoms with E-state index in [4.69, 9.17) is 14.2 Å². The number of nitrogens with one attached hydrogen (secondary N) is 1. The number of carbonyl (C=O) groups excluding carboxylic acids is 4. The molecule has 2 N–H and O–H groups in total. The van der Waals surface area contributed by atoms with Crippen molar-refractivity contribution in [3.05, 3.63) is 61.2 Å². The van der Waals surface area contributed by atoms with Crippen LogP contribution in [0.1, 0.15) is 71.0 Å². The van der Waals surface area contributed by atoms with Gasteiger partial charge in [-0.25, -0.2) is 0 Å². The predicted molar refractivity (Wildman–Crippen MR) is 189 cm³/mol. The minimum atomic E-state index is -1.32. The molecule has 3 fully saturated rings. The average Bonchev–Trinajstić information content (AvgIpc) is 3.69. The maximum absolute atomic E-state index is 14.7. The largest absolute Gasteiger partial charge is 0.455 e. The number of rotatable bonds is 19. The minimum absolute atomic E-state index is 0.0543. The van der Waals surface area contributed by atoms with Crippen molar-refractivity contribution in [2.24, 2.45) is 11.8 Å². The second kappa shape index (κ2) is 17.2. The van der Waals surface area contributed by atoms with Crippen LogP contribution in [0.4, 0.5) is 0 Å². The predicted octanol–water partition coefficient (Wildman–Crippen LogP) is 4.09. The van der Waals surface area contributed by atoms with Crippen LogP contribution >= 0.6 is 15.9 Å². The van der Waals surface area contributed by atoms with Gasteiger partial charge >= 0.3 is 5.97 Å². The number of nitrogens with zero attached hydrogens (tertiary/aromatic N) is 2. The monoisotopic (exact) mass is 745 g/mol. The van der Waals surface area contributed by atoms with Crippen LogP contribution in [0.5, 0.6) is 0 Å². The van der Waals surface area contributed by atoms with Crippen LogP contribution in [0.3, 0.4) is 0 Å². The van der Waals surface area contributed by atoms with Crippen LogP contribution in [0.15, 0.2) is 55.6 Å². The summed E-state index contributed by atoms with van der Waals surface area (Å²) < 4.78 is 18.5. The maximum atomic E-state index is 14.7. The first kappa shape index (κ1) is 38.7. The van der Waals surface area contributed by atoms with Crippen molar-refractivity contribution < 1.29 is 38.5 Å². The van der Waals surface area contributed by atoms with Crippen LogP contribution in [0.2, 0.25) is 0 Å². The molecule has 1 spiro atoms. The number of allylic oxidation sites excluding steroid dienone is 1. The van der Waals surface area contributed by atoms with Crippen LogP contribution < -0.4 is 5.32 Å². The Morgan fingerprint density at radius 3 is 2.53 bits per heavy atom. The Labute approximate surface area is 298 Å². The first-order valence-corrected chi connectivity index (χ1v) is 18.3. The number of hydrogen-bond acceptors (Lipinski definition) is 8. The minimum Gasteiger partial charge on any atom is -0.455 e. The van der Waals surface area contributed by atoms with Crippen molar-refractivity contribution >= 4 is 39.6 Å². The zero-order valence-corrected chi connectivity index (χ0v) is 30.7. The third-order valence-corrected chi connectivity index (χ3v) is 11.0. The lowest BCUT2D eigenvalue weighted by atomic mass is 9.70. The summed E-state index contributed by atoms with van der Waals surface area (Å²) in [6.45, 7) is 13.4. The van der Waals surface area contributed by atoms with E-state index in [2.05, 4.69) is 34.4 Å². The third kappa shape index (κ3) is 7.67. The molecule has 1 aromatic rings. The molecule has 1 aromatic carbocycles. The number of alkyl halides is 1. The van der Waals surface area contributed by atoms with Crippen molar-refractivity contribution in [2.75, 3.05) is 26.9 Å². The van der Waals surface area contributed by atoms with Gasteiger partial charge in [0.15, 0.2) is 0 Å². The van der Waals surface area contributed by atoms with Gasteiger partial charge in [-0.05, 0) is 38.2 Å². The number of fused-ring (bicyclic) bond motifs is 1. The molecule has 49 heavy (non-hydrogen) atoms. The topological polar surface area (TPSA) is 135 Å². The zero-order chi connectivity index (χ0) is 35.9. The number of carbonyl (C=O) groups is 4. The van der Waals surface area contributed by atoms with Crippen molar-refractivity contribution in [1.29, 1.82) is 0 Å². The molecular formula is C37H52BrN3O8. The number of halogens is 1. The number of aliphatic hydroxyl groups is 1. The SMILES string of the molecule is C=CCCC(=O)N[C@H](COC)[C@H](OC(=O)[C@@H]1[C@H]2O[C@@]3(CC2Br)[C@H](C(=O)N(CC=C)C(C)CCC)N([C@@H](CC)CO)C(=O)[C@@H]13)c1ccccc1. The van der Waals surface area contributed by atoms with Gasteiger partial charge in [-0.15, -0.1) is 13.2 Å². The van der Waals surface area contributed by atoms with E-state index in [1.54, 1.807) is 29.2 Å². The summed E-state index contributed by atoms with van der Waals surface area (Å²) in [5.41, 5.74) is -0.683. The van der Waals surface area contributed by atoms with Gasteiger partial charge in [0.2, 0.25) is 17.7 Å². The summed E-state index contributed by atoms with van der Waals surface area (Å²) in [5, 5.41) is 13.4. The van der Waals surface area contributed by atoms with Crippen LogP contribution in [0, 0.1) is 11.8 Å². The summed E-state index contributed by atoms with van der Waals surface area (Å²) in [6, 6.07) is 6.48. The Balaban J connectivity index is 1.75. The highest BCUT2D eigenvalue weighted by Gasteiger charge is 2.77. The van der Waals surface area contributed by atoms with E-state index in [0.717, 1.165) is 12.8 Å². The fraction of sp³-hybridized carbons (Fsp3) is 0.622. The number of hydrogen-bond donors (Lipinski definition) is 2. The highest BCUT2D eigenvalue weighted by Crippen LogP contribution is 2.61. The van der Waals surface area contributed by atoms with Crippen molar-refractivity contribution in [2.45, 2.75) is 106 Å². The van der Waals surface area contributed by atoms with Gasteiger partial charge in [-0.1, -0.05) is 78.7 Å². The standard InChI is InChI=1S/C37H52BrN3O8/c1-7-11-18-28(43)39-27(22-47-6)31(24-16-13-12-14-17-24)48-36(46)29-30-34(44)41(25(10-4)21-42)33(37(30)20-26(38)32(29)49-37)35(45)40(19-9-3)23(5)15-8-2/h7,9,12-14,16-17,23,25-27,29-33,42H,1,3,8,10-11,15,18-22H2,2,4-6H3,(H,39,43)/t23?,25-,26?,27+,29-,30+,31+,32-,33-,37+/m0/s1. The molecule has 270 valence electrons. The van der Waals surface area contributed by atoms with Gasteiger partial charge in [-0.3, -0.25) is 19.2 Å². The molecule has 0 aliphatic carbocycles. The molecule has 12 heteroatoms. The third-order valence-electron chi connectivity index (χ3n) is 10.2. The van der Waals surface area contributed by atoms with E-state index in [1.165, 1.54) is 12.0 Å². The summed E-state index contributed by atoms with van der Waals surface area (Å²) >= 11 is 3.73. The molecule has 4 rings (SSSR count). The highest BCUT2D eigenvalue weighted by molar-refractivity contribution is 9.09. The number of benzene rings is 1. The Bertz CT molecular complexity index is 1340. The van der Waals surface area contributed by atoms with E-state index in [9.17, 15) is 24.3 Å². The first-order valence-electron chi connectivity index (χ1n) is 17.4. The zero-order valence-electron chi connectivity index (χ0n) is 29.1. The van der Waals surface area contributed by atoms with E-state index in [0.29, 0.717) is 24.8 Å². The number of methoxy groups -OCH3 is 1. The fourth-order valence-corrected chi connectivity index (χ4v) is 8.85. The molecule has 0 saturated carbocycles. The molecule has 2 bridgehead atoms. The molecule has 11 nitrogen and oxygen atoms in total.